The molecule has 0 bridgehead atoms. The number of rotatable bonds is 5. The zero-order chi connectivity index (χ0) is 33.9. The van der Waals surface area contributed by atoms with Gasteiger partial charge in [-0.25, -0.2) is 13.5 Å². The summed E-state index contributed by atoms with van der Waals surface area (Å²) in [6, 6.07) is 13.4. The van der Waals surface area contributed by atoms with E-state index in [4.69, 9.17) is 38.0 Å². The number of hydrogen-bond acceptors (Lipinski definition) is 8. The van der Waals surface area contributed by atoms with E-state index in [1.807, 2.05) is 6.07 Å². The summed E-state index contributed by atoms with van der Waals surface area (Å²) in [5.41, 5.74) is -1.11. The fourth-order valence-electron chi connectivity index (χ4n) is 5.84. The number of benzene rings is 3. The number of ether oxygens (including phenoxy) is 3. The van der Waals surface area contributed by atoms with Crippen LogP contribution in [0.4, 0.5) is 22.0 Å². The molecule has 0 amide bonds. The van der Waals surface area contributed by atoms with Gasteiger partial charge in [-0.15, -0.1) is 5.10 Å². The highest BCUT2D eigenvalue weighted by Crippen LogP contribution is 2.45. The van der Waals surface area contributed by atoms with Gasteiger partial charge < -0.3 is 19.3 Å². The second-order valence-corrected chi connectivity index (χ2v) is 12.6. The van der Waals surface area contributed by atoms with Crippen LogP contribution in [0.2, 0.25) is 5.02 Å². The van der Waals surface area contributed by atoms with Gasteiger partial charge >= 0.3 is 6.18 Å². The van der Waals surface area contributed by atoms with E-state index in [1.165, 1.54) is 23.0 Å². The van der Waals surface area contributed by atoms with Crippen molar-refractivity contribution in [3.8, 4) is 16.9 Å². The minimum absolute atomic E-state index is 0.0112. The smallest absolute Gasteiger partial charge is 0.388 e. The van der Waals surface area contributed by atoms with Crippen molar-refractivity contribution in [2.45, 2.75) is 42.9 Å². The number of nitrogens with zero attached hydrogens (tertiary/aromatic N) is 5. The molecular weight excluding hydrogens is 751 g/mol. The Balaban J connectivity index is 1.33. The summed E-state index contributed by atoms with van der Waals surface area (Å²) in [6.45, 7) is -0.0752. The molecule has 2 aliphatic heterocycles. The van der Waals surface area contributed by atoms with Crippen LogP contribution >= 0.6 is 39.7 Å². The van der Waals surface area contributed by atoms with Gasteiger partial charge in [0.1, 0.15) is 36.2 Å². The Morgan fingerprint density at radius 2 is 1.81 bits per heavy atom. The van der Waals surface area contributed by atoms with Crippen LogP contribution in [0.1, 0.15) is 35.4 Å². The van der Waals surface area contributed by atoms with Crippen molar-refractivity contribution in [2.24, 2.45) is 0 Å². The molecule has 1 unspecified atom stereocenters. The Morgan fingerprint density at radius 3 is 2.56 bits per heavy atom. The van der Waals surface area contributed by atoms with Crippen LogP contribution < -0.4 is 0 Å². The number of aliphatic hydroxyl groups excluding tert-OH is 1. The van der Waals surface area contributed by atoms with Crippen LogP contribution in [0.3, 0.4) is 0 Å². The Morgan fingerprint density at radius 1 is 1.04 bits per heavy atom. The summed E-state index contributed by atoms with van der Waals surface area (Å²) in [5, 5.41) is 26.8. The van der Waals surface area contributed by atoms with Gasteiger partial charge in [0.2, 0.25) is 0 Å². The van der Waals surface area contributed by atoms with Gasteiger partial charge in [0, 0.05) is 16.1 Å². The van der Waals surface area contributed by atoms with Crippen molar-refractivity contribution in [1.82, 2.24) is 29.8 Å². The molecule has 5 aromatic rings. The summed E-state index contributed by atoms with van der Waals surface area (Å²) in [4.78, 5) is 0. The van der Waals surface area contributed by atoms with Crippen molar-refractivity contribution in [1.29, 1.82) is 0 Å². The molecule has 0 saturated carbocycles. The molecule has 2 aliphatic rings. The molecule has 48 heavy (non-hydrogen) atoms. The van der Waals surface area contributed by atoms with E-state index in [2.05, 4.69) is 36.4 Å². The molecule has 2 N–H and O–H groups in total. The maximum Gasteiger partial charge on any atom is 0.418 e. The molecule has 0 spiro atoms. The van der Waals surface area contributed by atoms with Crippen LogP contribution in [-0.4, -0.2) is 59.8 Å². The van der Waals surface area contributed by atoms with Crippen molar-refractivity contribution in [3.63, 3.8) is 0 Å². The monoisotopic (exact) mass is 770 g/mol. The fourth-order valence-corrected chi connectivity index (χ4v) is 6.55. The number of nitrogens with one attached hydrogen (secondary N) is 1. The number of alkyl halides is 3. The molecule has 10 nitrogen and oxygen atoms in total. The van der Waals surface area contributed by atoms with Gasteiger partial charge in [0.25, 0.3) is 0 Å². The van der Waals surface area contributed by atoms with Crippen molar-refractivity contribution in [2.75, 3.05) is 6.61 Å². The van der Waals surface area contributed by atoms with Crippen molar-refractivity contribution >= 4 is 39.7 Å². The lowest BCUT2D eigenvalue weighted by atomic mass is 9.91. The summed E-state index contributed by atoms with van der Waals surface area (Å²) in [5.74, 6) is -2.52. The summed E-state index contributed by atoms with van der Waals surface area (Å²) in [6.07, 6.45) is -9.39. The summed E-state index contributed by atoms with van der Waals surface area (Å²) >= 11 is 14.4. The molecule has 4 heterocycles. The highest BCUT2D eigenvalue weighted by Gasteiger charge is 2.53. The highest BCUT2D eigenvalue weighted by molar-refractivity contribution is 9.10. The topological polar surface area (TPSA) is 112 Å². The van der Waals surface area contributed by atoms with Gasteiger partial charge in [-0.3, -0.25) is 9.67 Å². The van der Waals surface area contributed by atoms with Crippen LogP contribution in [-0.2, 0) is 20.4 Å². The summed E-state index contributed by atoms with van der Waals surface area (Å²) in [7, 11) is 0. The molecule has 7 rings (SSSR count). The molecule has 2 fully saturated rings. The molecule has 2 aromatic heterocycles. The minimum atomic E-state index is -4.81. The predicted molar refractivity (Wildman–Crippen MR) is 165 cm³/mol. The Labute approximate surface area is 286 Å². The van der Waals surface area contributed by atoms with E-state index in [0.717, 1.165) is 22.8 Å². The number of aliphatic hydroxyl groups is 1. The normalized spacial score (nSPS) is 24.4. The first kappa shape index (κ1) is 32.9. The maximum absolute atomic E-state index is 14.9. The number of fused-ring (bicyclic) bond motifs is 1. The SMILES string of the molecule is O[C@@H]1[C@@H](n2cc(-c3ccc(Br)c(F)c3F)nn2)[C@H]2OC(c3ccccc3)OC[C@H]2O[C@H]1c1n[nH]c(=S)n1-c1cc(Cl)ccc1C(F)(F)F. The molecule has 250 valence electrons. The molecule has 0 aliphatic carbocycles. The second-order valence-electron chi connectivity index (χ2n) is 10.9. The van der Waals surface area contributed by atoms with E-state index in [9.17, 15) is 27.1 Å². The van der Waals surface area contributed by atoms with Gasteiger partial charge in [-0.2, -0.15) is 18.3 Å². The number of aromatic amines is 1. The molecular formula is C30H21BrClF5N6O4S. The average molecular weight is 772 g/mol. The number of H-pyrrole nitrogens is 1. The van der Waals surface area contributed by atoms with Gasteiger partial charge in [0.15, 0.2) is 28.5 Å². The van der Waals surface area contributed by atoms with Crippen LogP contribution in [0.15, 0.2) is 71.3 Å². The fraction of sp³-hybridized carbons (Fsp3) is 0.267. The van der Waals surface area contributed by atoms with Crippen LogP contribution in [0.25, 0.3) is 16.9 Å². The van der Waals surface area contributed by atoms with E-state index >= 15 is 0 Å². The molecule has 18 heteroatoms. The lowest BCUT2D eigenvalue weighted by Gasteiger charge is -2.47. The molecule has 2 saturated heterocycles. The molecule has 0 radical (unpaired) electrons. The third-order valence-corrected chi connectivity index (χ3v) is 9.16. The van der Waals surface area contributed by atoms with Crippen LogP contribution in [0.5, 0.6) is 0 Å². The quantitative estimate of drug-likeness (QED) is 0.111. The van der Waals surface area contributed by atoms with Crippen molar-refractivity contribution in [3.05, 3.63) is 110 Å². The highest BCUT2D eigenvalue weighted by atomic mass is 79.9. The van der Waals surface area contributed by atoms with Gasteiger partial charge in [-0.05, 0) is 58.5 Å². The first-order chi connectivity index (χ1) is 22.9. The third-order valence-electron chi connectivity index (χ3n) is 8.03. The largest absolute Gasteiger partial charge is 0.418 e. The Kier molecular flexibility index (Phi) is 8.72. The van der Waals surface area contributed by atoms with E-state index in [1.54, 1.807) is 24.3 Å². The second kappa shape index (κ2) is 12.7. The first-order valence-electron chi connectivity index (χ1n) is 14.2. The minimum Gasteiger partial charge on any atom is -0.388 e. The van der Waals surface area contributed by atoms with Crippen LogP contribution in [0, 0.1) is 16.4 Å². The molecule has 6 atom stereocenters. The first-order valence-corrected chi connectivity index (χ1v) is 15.8. The standard InChI is InChI=1S/C30H21BrClF5N6O4S/c31-17-9-7-15(21(33)22(17)34)18-11-42(41-38-18)23-24(44)26(46-20-12-45-28(47-25(20)23)13-4-2-1-3-5-13)27-39-40-29(48)43(27)19-10-14(32)6-8-16(19)30(35,36)37/h1-11,20,23-26,28,44H,12H2,(H,40,48)/t20-,23-,24-,25+,26-,28?/m1/s1. The zero-order valence-corrected chi connectivity index (χ0v) is 27.1. The maximum atomic E-state index is 14.9. The number of aromatic nitrogens is 6. The third kappa shape index (κ3) is 5.86. The summed E-state index contributed by atoms with van der Waals surface area (Å²) < 4.78 is 92.2. The Hall–Kier alpha value is -3.58. The van der Waals surface area contributed by atoms with Crippen molar-refractivity contribution < 1.29 is 41.3 Å². The van der Waals surface area contributed by atoms with E-state index in [0.29, 0.717) is 5.56 Å². The van der Waals surface area contributed by atoms with E-state index < -0.39 is 65.8 Å². The predicted octanol–water partition coefficient (Wildman–Crippen LogP) is 7.06. The number of halogens is 7. The number of hydrogen-bond donors (Lipinski definition) is 2. The lowest BCUT2D eigenvalue weighted by Crippen LogP contribution is -2.57. The zero-order valence-electron chi connectivity index (χ0n) is 24.0. The van der Waals surface area contributed by atoms with Gasteiger partial charge in [-0.1, -0.05) is 47.1 Å². The van der Waals surface area contributed by atoms with E-state index in [-0.39, 0.29) is 38.0 Å². The lowest BCUT2D eigenvalue weighted by molar-refractivity contribution is -0.319. The average Bonchev–Trinajstić information content (AvgIpc) is 3.69. The Bertz CT molecular complexity index is 2050. The molecule has 3 aromatic carbocycles. The van der Waals surface area contributed by atoms with Gasteiger partial charge in [0.05, 0.1) is 28.5 Å².